The van der Waals surface area contributed by atoms with Crippen molar-refractivity contribution >= 4 is 0 Å². The maximum atomic E-state index is 10.4. The minimum Gasteiger partial charge on any atom is -0.389 e. The zero-order valence-electron chi connectivity index (χ0n) is 8.29. The van der Waals surface area contributed by atoms with E-state index in [-0.39, 0.29) is 5.92 Å². The van der Waals surface area contributed by atoms with Gasteiger partial charge in [0.1, 0.15) is 0 Å². The Balaban J connectivity index is 2.07. The van der Waals surface area contributed by atoms with Crippen LogP contribution in [0.5, 0.6) is 0 Å². The highest BCUT2D eigenvalue weighted by Crippen LogP contribution is 2.37. The minimum absolute atomic E-state index is 0.234. The second kappa shape index (κ2) is 3.23. The number of aliphatic hydroxyl groups is 1. The van der Waals surface area contributed by atoms with Gasteiger partial charge in [-0.15, -0.1) is 0 Å². The van der Waals surface area contributed by atoms with Crippen LogP contribution < -0.4 is 11.1 Å². The first-order chi connectivity index (χ1) is 6.14. The van der Waals surface area contributed by atoms with Crippen LogP contribution in [0, 0.1) is 5.92 Å². The fourth-order valence-corrected chi connectivity index (χ4v) is 2.78. The van der Waals surface area contributed by atoms with E-state index >= 15 is 0 Å². The molecule has 3 heteroatoms. The Bertz CT molecular complexity index is 183. The standard InChI is InChI=1S/C10H20N2O/c1-7(6-11)10(13)4-8-2-3-9(5-10)12-8/h7-9,12-13H,2-6,11H2,1H3. The number of hydrogen-bond donors (Lipinski definition) is 3. The van der Waals surface area contributed by atoms with Crippen LogP contribution in [0.1, 0.15) is 32.6 Å². The Hall–Kier alpha value is -0.120. The SMILES string of the molecule is CC(CN)C1(O)CC2CCC(C1)N2. The lowest BCUT2D eigenvalue weighted by molar-refractivity contribution is -0.0485. The molecule has 3 atom stereocenters. The Morgan fingerprint density at radius 1 is 1.46 bits per heavy atom. The second-order valence-electron chi connectivity index (χ2n) is 4.79. The molecule has 0 aromatic rings. The molecule has 2 heterocycles. The van der Waals surface area contributed by atoms with E-state index in [1.54, 1.807) is 0 Å². The number of nitrogens with one attached hydrogen (secondary N) is 1. The lowest BCUT2D eigenvalue weighted by Gasteiger charge is -2.41. The Kier molecular flexibility index (Phi) is 2.34. The van der Waals surface area contributed by atoms with Crippen molar-refractivity contribution in [1.29, 1.82) is 0 Å². The van der Waals surface area contributed by atoms with E-state index in [1.807, 2.05) is 0 Å². The van der Waals surface area contributed by atoms with Gasteiger partial charge in [-0.1, -0.05) is 6.92 Å². The largest absolute Gasteiger partial charge is 0.389 e. The highest BCUT2D eigenvalue weighted by molar-refractivity contribution is 5.01. The van der Waals surface area contributed by atoms with Gasteiger partial charge in [0.05, 0.1) is 5.60 Å². The van der Waals surface area contributed by atoms with Gasteiger partial charge in [0.15, 0.2) is 0 Å². The molecule has 13 heavy (non-hydrogen) atoms. The van der Waals surface area contributed by atoms with Gasteiger partial charge in [-0.2, -0.15) is 0 Å². The Morgan fingerprint density at radius 3 is 2.46 bits per heavy atom. The highest BCUT2D eigenvalue weighted by atomic mass is 16.3. The van der Waals surface area contributed by atoms with Gasteiger partial charge in [-0.05, 0) is 38.1 Å². The smallest absolute Gasteiger partial charge is 0.0714 e. The molecule has 3 unspecified atom stereocenters. The summed E-state index contributed by atoms with van der Waals surface area (Å²) in [7, 11) is 0. The first kappa shape index (κ1) is 9.44. The van der Waals surface area contributed by atoms with Crippen LogP contribution in [0.15, 0.2) is 0 Å². The quantitative estimate of drug-likeness (QED) is 0.575. The average molecular weight is 184 g/mol. The number of piperidine rings is 1. The number of hydrogen-bond acceptors (Lipinski definition) is 3. The molecule has 0 radical (unpaired) electrons. The van der Waals surface area contributed by atoms with Crippen LogP contribution >= 0.6 is 0 Å². The molecule has 0 aliphatic carbocycles. The summed E-state index contributed by atoms with van der Waals surface area (Å²) >= 11 is 0. The predicted octanol–water partition coefficient (Wildman–Crippen LogP) is 0.227. The van der Waals surface area contributed by atoms with Crippen LogP contribution in [0.2, 0.25) is 0 Å². The summed E-state index contributed by atoms with van der Waals surface area (Å²) in [5, 5.41) is 13.9. The molecule has 2 aliphatic heterocycles. The van der Waals surface area contributed by atoms with Crippen molar-refractivity contribution in [2.24, 2.45) is 11.7 Å². The monoisotopic (exact) mass is 184 g/mol. The second-order valence-corrected chi connectivity index (χ2v) is 4.79. The molecule has 2 fully saturated rings. The third kappa shape index (κ3) is 1.60. The van der Waals surface area contributed by atoms with Crippen molar-refractivity contribution < 1.29 is 5.11 Å². The summed E-state index contributed by atoms with van der Waals surface area (Å²) in [5.41, 5.74) is 5.12. The third-order valence-corrected chi connectivity index (χ3v) is 3.81. The van der Waals surface area contributed by atoms with Gasteiger partial charge in [0.2, 0.25) is 0 Å². The molecule has 0 aromatic carbocycles. The van der Waals surface area contributed by atoms with Gasteiger partial charge in [-0.25, -0.2) is 0 Å². The molecule has 0 amide bonds. The topological polar surface area (TPSA) is 58.3 Å². The molecule has 2 saturated heterocycles. The van der Waals surface area contributed by atoms with Gasteiger partial charge < -0.3 is 16.2 Å². The molecule has 0 saturated carbocycles. The summed E-state index contributed by atoms with van der Waals surface area (Å²) in [6, 6.07) is 1.08. The molecular weight excluding hydrogens is 164 g/mol. The van der Waals surface area contributed by atoms with Crippen LogP contribution in [0.4, 0.5) is 0 Å². The maximum absolute atomic E-state index is 10.4. The Labute approximate surface area is 79.7 Å². The molecule has 4 N–H and O–H groups in total. The van der Waals surface area contributed by atoms with E-state index in [1.165, 1.54) is 12.8 Å². The van der Waals surface area contributed by atoms with Crippen molar-refractivity contribution in [3.8, 4) is 0 Å². The lowest BCUT2D eigenvalue weighted by Crippen LogP contribution is -2.53. The molecule has 2 bridgehead atoms. The van der Waals surface area contributed by atoms with Crippen molar-refractivity contribution in [2.45, 2.75) is 50.3 Å². The van der Waals surface area contributed by atoms with Crippen LogP contribution in [0.25, 0.3) is 0 Å². The van der Waals surface area contributed by atoms with Crippen LogP contribution in [-0.4, -0.2) is 29.3 Å². The van der Waals surface area contributed by atoms with Crippen molar-refractivity contribution in [3.05, 3.63) is 0 Å². The van der Waals surface area contributed by atoms with E-state index < -0.39 is 5.60 Å². The maximum Gasteiger partial charge on any atom is 0.0714 e. The van der Waals surface area contributed by atoms with Crippen molar-refractivity contribution in [3.63, 3.8) is 0 Å². The molecule has 0 aromatic heterocycles. The zero-order valence-corrected chi connectivity index (χ0v) is 8.29. The molecule has 0 spiro atoms. The fourth-order valence-electron chi connectivity index (χ4n) is 2.78. The minimum atomic E-state index is -0.494. The van der Waals surface area contributed by atoms with Crippen molar-refractivity contribution in [2.75, 3.05) is 6.54 Å². The van der Waals surface area contributed by atoms with E-state index in [9.17, 15) is 5.11 Å². The van der Waals surface area contributed by atoms with Crippen LogP contribution in [-0.2, 0) is 0 Å². The van der Waals surface area contributed by atoms with Gasteiger partial charge in [-0.3, -0.25) is 0 Å². The van der Waals surface area contributed by atoms with Crippen molar-refractivity contribution in [1.82, 2.24) is 5.32 Å². The lowest BCUT2D eigenvalue weighted by atomic mass is 9.78. The van der Waals surface area contributed by atoms with E-state index in [2.05, 4.69) is 12.2 Å². The Morgan fingerprint density at radius 2 is 2.00 bits per heavy atom. The normalized spacial score (nSPS) is 46.4. The third-order valence-electron chi connectivity index (χ3n) is 3.81. The zero-order chi connectivity index (χ0) is 9.47. The molecule has 2 rings (SSSR count). The van der Waals surface area contributed by atoms with E-state index in [0.29, 0.717) is 18.6 Å². The summed E-state index contributed by atoms with van der Waals surface area (Å²) in [5.74, 6) is 0.234. The molecule has 3 nitrogen and oxygen atoms in total. The molecular formula is C10H20N2O. The summed E-state index contributed by atoms with van der Waals surface area (Å²) in [4.78, 5) is 0. The number of rotatable bonds is 2. The van der Waals surface area contributed by atoms with Gasteiger partial charge in [0, 0.05) is 12.1 Å². The molecule has 76 valence electrons. The number of fused-ring (bicyclic) bond motifs is 2. The number of nitrogens with two attached hydrogens (primary N) is 1. The van der Waals surface area contributed by atoms with E-state index in [0.717, 1.165) is 12.8 Å². The van der Waals surface area contributed by atoms with Gasteiger partial charge in [0.25, 0.3) is 0 Å². The summed E-state index contributed by atoms with van der Waals surface area (Å²) in [6.45, 7) is 2.65. The first-order valence-corrected chi connectivity index (χ1v) is 5.32. The van der Waals surface area contributed by atoms with E-state index in [4.69, 9.17) is 5.73 Å². The fraction of sp³-hybridized carbons (Fsp3) is 1.00. The highest BCUT2D eigenvalue weighted by Gasteiger charge is 2.44. The summed E-state index contributed by atoms with van der Waals surface area (Å²) in [6.07, 6.45) is 4.23. The van der Waals surface area contributed by atoms with Crippen LogP contribution in [0.3, 0.4) is 0 Å². The summed E-state index contributed by atoms with van der Waals surface area (Å²) < 4.78 is 0. The average Bonchev–Trinajstić information content (AvgIpc) is 2.44. The molecule has 2 aliphatic rings. The first-order valence-electron chi connectivity index (χ1n) is 5.32. The predicted molar refractivity (Wildman–Crippen MR) is 52.3 cm³/mol. The van der Waals surface area contributed by atoms with Gasteiger partial charge >= 0.3 is 0 Å².